The molecule has 1 fully saturated rings. The molecule has 1 aliphatic carbocycles. The molecule has 2 N–H and O–H groups in total. The lowest BCUT2D eigenvalue weighted by Crippen LogP contribution is -2.28. The van der Waals surface area contributed by atoms with E-state index in [9.17, 15) is 0 Å². The first-order valence-corrected chi connectivity index (χ1v) is 6.34. The fraction of sp³-hybridized carbons (Fsp3) is 0.833. The molecule has 1 unspecified atom stereocenters. The molecule has 2 rings (SSSR count). The van der Waals surface area contributed by atoms with Crippen molar-refractivity contribution >= 4 is 0 Å². The van der Waals surface area contributed by atoms with E-state index in [-0.39, 0.29) is 6.04 Å². The number of hydrogen-bond acceptors (Lipinski definition) is 3. The number of hydrogen-bond donors (Lipinski definition) is 1. The van der Waals surface area contributed by atoms with Crippen LogP contribution in [0.3, 0.4) is 0 Å². The summed E-state index contributed by atoms with van der Waals surface area (Å²) in [6.45, 7) is 0. The maximum atomic E-state index is 6.18. The third-order valence-corrected chi connectivity index (χ3v) is 3.61. The van der Waals surface area contributed by atoms with E-state index >= 15 is 0 Å². The summed E-state index contributed by atoms with van der Waals surface area (Å²) in [7, 11) is 1.93. The Bertz CT molecular complexity index is 315. The van der Waals surface area contributed by atoms with Gasteiger partial charge in [0.05, 0.1) is 0 Å². The standard InChI is InChI=1S/C12H22N4/c1-16-12(14-9-15-16)8-11(13)7-10-5-3-2-4-6-10/h9-11H,2-8,13H2,1H3. The number of rotatable bonds is 4. The van der Waals surface area contributed by atoms with Crippen molar-refractivity contribution in [3.63, 3.8) is 0 Å². The van der Waals surface area contributed by atoms with Gasteiger partial charge in [0.25, 0.3) is 0 Å². The van der Waals surface area contributed by atoms with Gasteiger partial charge in [-0.05, 0) is 12.3 Å². The first kappa shape index (κ1) is 11.6. The Hall–Kier alpha value is -0.900. The highest BCUT2D eigenvalue weighted by molar-refractivity contribution is 4.88. The van der Waals surface area contributed by atoms with E-state index < -0.39 is 0 Å². The van der Waals surface area contributed by atoms with Crippen molar-refractivity contribution in [1.29, 1.82) is 0 Å². The second-order valence-electron chi connectivity index (χ2n) is 5.00. The normalized spacial score (nSPS) is 19.9. The molecule has 0 saturated heterocycles. The minimum Gasteiger partial charge on any atom is -0.327 e. The highest BCUT2D eigenvalue weighted by Gasteiger charge is 2.17. The summed E-state index contributed by atoms with van der Waals surface area (Å²) in [4.78, 5) is 4.22. The van der Waals surface area contributed by atoms with Crippen LogP contribution in [0.1, 0.15) is 44.3 Å². The molecule has 0 spiro atoms. The van der Waals surface area contributed by atoms with E-state index in [1.807, 2.05) is 11.7 Å². The summed E-state index contributed by atoms with van der Waals surface area (Å²) < 4.78 is 1.82. The van der Waals surface area contributed by atoms with Gasteiger partial charge in [-0.25, -0.2) is 4.98 Å². The van der Waals surface area contributed by atoms with Crippen LogP contribution in [0.2, 0.25) is 0 Å². The monoisotopic (exact) mass is 222 g/mol. The van der Waals surface area contributed by atoms with Gasteiger partial charge in [-0.1, -0.05) is 32.1 Å². The van der Waals surface area contributed by atoms with Crippen LogP contribution in [-0.4, -0.2) is 20.8 Å². The summed E-state index contributed by atoms with van der Waals surface area (Å²) in [5.41, 5.74) is 6.18. The average molecular weight is 222 g/mol. The van der Waals surface area contributed by atoms with Crippen LogP contribution in [0.5, 0.6) is 0 Å². The van der Waals surface area contributed by atoms with Gasteiger partial charge in [-0.15, -0.1) is 0 Å². The van der Waals surface area contributed by atoms with E-state index in [0.717, 1.165) is 24.6 Å². The lowest BCUT2D eigenvalue weighted by Gasteiger charge is -2.24. The van der Waals surface area contributed by atoms with Crippen molar-refractivity contribution in [3.8, 4) is 0 Å². The largest absolute Gasteiger partial charge is 0.327 e. The number of nitrogens with zero attached hydrogens (tertiary/aromatic N) is 3. The third-order valence-electron chi connectivity index (χ3n) is 3.61. The minimum atomic E-state index is 0.242. The SMILES string of the molecule is Cn1ncnc1CC(N)CC1CCCCC1. The third kappa shape index (κ3) is 3.04. The van der Waals surface area contributed by atoms with E-state index in [4.69, 9.17) is 5.73 Å². The van der Waals surface area contributed by atoms with Crippen molar-refractivity contribution in [3.05, 3.63) is 12.2 Å². The summed E-state index contributed by atoms with van der Waals surface area (Å²) in [6, 6.07) is 0.242. The first-order valence-electron chi connectivity index (χ1n) is 6.34. The summed E-state index contributed by atoms with van der Waals surface area (Å²) in [5, 5.41) is 4.07. The number of nitrogens with two attached hydrogens (primary N) is 1. The molecule has 1 saturated carbocycles. The van der Waals surface area contributed by atoms with E-state index in [1.165, 1.54) is 32.1 Å². The second kappa shape index (κ2) is 5.43. The second-order valence-corrected chi connectivity index (χ2v) is 5.00. The number of aryl methyl sites for hydroxylation is 1. The van der Waals surface area contributed by atoms with Crippen molar-refractivity contribution in [2.24, 2.45) is 18.7 Å². The van der Waals surface area contributed by atoms with E-state index in [0.29, 0.717) is 0 Å². The smallest absolute Gasteiger partial charge is 0.138 e. The molecule has 4 heteroatoms. The fourth-order valence-electron chi connectivity index (χ4n) is 2.67. The topological polar surface area (TPSA) is 56.7 Å². The van der Waals surface area contributed by atoms with Gasteiger partial charge in [-0.3, -0.25) is 4.68 Å². The van der Waals surface area contributed by atoms with Crippen LogP contribution in [0, 0.1) is 5.92 Å². The summed E-state index contributed by atoms with van der Waals surface area (Å²) >= 11 is 0. The molecule has 0 aromatic carbocycles. The maximum absolute atomic E-state index is 6.18. The molecular formula is C12H22N4. The zero-order valence-corrected chi connectivity index (χ0v) is 10.1. The molecule has 16 heavy (non-hydrogen) atoms. The maximum Gasteiger partial charge on any atom is 0.138 e. The van der Waals surface area contributed by atoms with E-state index in [1.54, 1.807) is 6.33 Å². The molecule has 0 aliphatic heterocycles. The molecule has 1 aromatic heterocycles. The molecule has 0 radical (unpaired) electrons. The molecule has 4 nitrogen and oxygen atoms in total. The zero-order valence-electron chi connectivity index (χ0n) is 10.1. The predicted molar refractivity (Wildman–Crippen MR) is 63.9 cm³/mol. The van der Waals surface area contributed by atoms with Crippen molar-refractivity contribution in [1.82, 2.24) is 14.8 Å². The molecule has 1 heterocycles. The zero-order chi connectivity index (χ0) is 11.4. The van der Waals surface area contributed by atoms with Gasteiger partial charge in [0.2, 0.25) is 0 Å². The van der Waals surface area contributed by atoms with Crippen LogP contribution in [-0.2, 0) is 13.5 Å². The molecule has 1 aromatic rings. The van der Waals surface area contributed by atoms with Gasteiger partial charge >= 0.3 is 0 Å². The van der Waals surface area contributed by atoms with Crippen LogP contribution in [0.4, 0.5) is 0 Å². The van der Waals surface area contributed by atoms with Crippen molar-refractivity contribution < 1.29 is 0 Å². The Morgan fingerprint density at radius 3 is 2.81 bits per heavy atom. The van der Waals surface area contributed by atoms with Crippen LogP contribution in [0.15, 0.2) is 6.33 Å². The van der Waals surface area contributed by atoms with Crippen molar-refractivity contribution in [2.75, 3.05) is 0 Å². The van der Waals surface area contributed by atoms with Crippen LogP contribution >= 0.6 is 0 Å². The molecule has 0 bridgehead atoms. The van der Waals surface area contributed by atoms with Gasteiger partial charge < -0.3 is 5.73 Å². The lowest BCUT2D eigenvalue weighted by molar-refractivity contribution is 0.315. The van der Waals surface area contributed by atoms with Gasteiger partial charge in [0, 0.05) is 19.5 Å². The Balaban J connectivity index is 1.79. The Morgan fingerprint density at radius 1 is 1.44 bits per heavy atom. The first-order chi connectivity index (χ1) is 7.75. The Kier molecular flexibility index (Phi) is 3.93. The summed E-state index contributed by atoms with van der Waals surface area (Å²) in [6.07, 6.45) is 10.5. The highest BCUT2D eigenvalue weighted by Crippen LogP contribution is 2.27. The Labute approximate surface area is 97.2 Å². The quantitative estimate of drug-likeness (QED) is 0.843. The molecule has 90 valence electrons. The van der Waals surface area contributed by atoms with Crippen molar-refractivity contribution in [2.45, 2.75) is 51.0 Å². The van der Waals surface area contributed by atoms with Gasteiger partial charge in [0.15, 0.2) is 0 Å². The number of aromatic nitrogens is 3. The fourth-order valence-corrected chi connectivity index (χ4v) is 2.67. The minimum absolute atomic E-state index is 0.242. The lowest BCUT2D eigenvalue weighted by atomic mass is 9.84. The summed E-state index contributed by atoms with van der Waals surface area (Å²) in [5.74, 6) is 1.85. The predicted octanol–water partition coefficient (Wildman–Crippen LogP) is 1.66. The average Bonchev–Trinajstić information content (AvgIpc) is 2.66. The molecule has 1 aliphatic rings. The highest BCUT2D eigenvalue weighted by atomic mass is 15.3. The van der Waals surface area contributed by atoms with Crippen LogP contribution in [0.25, 0.3) is 0 Å². The van der Waals surface area contributed by atoms with E-state index in [2.05, 4.69) is 10.1 Å². The van der Waals surface area contributed by atoms with Gasteiger partial charge in [-0.2, -0.15) is 5.10 Å². The molecule has 1 atom stereocenters. The van der Waals surface area contributed by atoms with Gasteiger partial charge in [0.1, 0.15) is 12.2 Å². The van der Waals surface area contributed by atoms with Crippen LogP contribution < -0.4 is 5.73 Å². The Morgan fingerprint density at radius 2 is 2.19 bits per heavy atom. The molecular weight excluding hydrogens is 200 g/mol. The molecule has 0 amide bonds.